The largest absolute Gasteiger partial charge is 0.309 e. The summed E-state index contributed by atoms with van der Waals surface area (Å²) in [5.41, 5.74) is 3.67. The highest BCUT2D eigenvalue weighted by Gasteiger charge is 2.13. The zero-order valence-electron chi connectivity index (χ0n) is 11.8. The van der Waals surface area contributed by atoms with Crippen molar-refractivity contribution in [3.63, 3.8) is 0 Å². The molecule has 3 heteroatoms. The Balaban J connectivity index is 2.38. The average Bonchev–Trinajstić information content (AvgIpc) is 2.39. The van der Waals surface area contributed by atoms with E-state index in [2.05, 4.69) is 36.5 Å². The van der Waals surface area contributed by atoms with Crippen molar-refractivity contribution in [2.45, 2.75) is 25.8 Å². The van der Waals surface area contributed by atoms with Gasteiger partial charge in [0.15, 0.2) is 0 Å². The van der Waals surface area contributed by atoms with Crippen LogP contribution < -0.4 is 5.32 Å². The summed E-state index contributed by atoms with van der Waals surface area (Å²) in [6.45, 7) is 2.19. The van der Waals surface area contributed by atoms with Crippen molar-refractivity contribution < 1.29 is 0 Å². The van der Waals surface area contributed by atoms with Gasteiger partial charge >= 0.3 is 0 Å². The minimum Gasteiger partial charge on any atom is -0.309 e. The quantitative estimate of drug-likeness (QED) is 0.795. The van der Waals surface area contributed by atoms with E-state index in [9.17, 15) is 0 Å². The van der Waals surface area contributed by atoms with Gasteiger partial charge in [0.1, 0.15) is 0 Å². The first-order valence-electron chi connectivity index (χ1n) is 6.86. The molecule has 1 atom stereocenters. The lowest BCUT2D eigenvalue weighted by Gasteiger charge is -2.19. The number of benzene rings is 2. The second-order valence-electron chi connectivity index (χ2n) is 4.92. The van der Waals surface area contributed by atoms with Crippen molar-refractivity contribution in [1.29, 1.82) is 0 Å². The molecule has 0 saturated carbocycles. The van der Waals surface area contributed by atoms with Crippen LogP contribution in [0.25, 0.3) is 0 Å². The molecule has 0 aliphatic heterocycles. The van der Waals surface area contributed by atoms with Gasteiger partial charge in [0.25, 0.3) is 0 Å². The molecule has 106 valence electrons. The monoisotopic (exact) mass is 307 g/mol. The Labute approximate surface area is 130 Å². The molecule has 0 spiro atoms. The van der Waals surface area contributed by atoms with E-state index in [1.54, 1.807) is 6.07 Å². The predicted octanol–water partition coefficient (Wildman–Crippen LogP) is 5.25. The molecule has 0 amide bonds. The Morgan fingerprint density at radius 1 is 1.00 bits per heavy atom. The second kappa shape index (κ2) is 7.12. The molecule has 0 aliphatic rings. The molecular formula is C17H19Cl2N. The van der Waals surface area contributed by atoms with Crippen LogP contribution in [0, 0.1) is 0 Å². The Morgan fingerprint density at radius 2 is 1.70 bits per heavy atom. The number of halogens is 2. The van der Waals surface area contributed by atoms with Crippen LogP contribution in [0.4, 0.5) is 0 Å². The summed E-state index contributed by atoms with van der Waals surface area (Å²) < 4.78 is 0. The van der Waals surface area contributed by atoms with E-state index in [0.717, 1.165) is 18.4 Å². The van der Waals surface area contributed by atoms with Gasteiger partial charge in [-0.25, -0.2) is 0 Å². The van der Waals surface area contributed by atoms with Gasteiger partial charge in [-0.3, -0.25) is 0 Å². The SMILES string of the molecule is CCCc1cccc(C(NC)c2cc(Cl)cc(Cl)c2)c1. The van der Waals surface area contributed by atoms with Gasteiger partial charge in [-0.05, 0) is 48.4 Å². The molecule has 0 radical (unpaired) electrons. The molecule has 0 bridgehead atoms. The van der Waals surface area contributed by atoms with Crippen LogP contribution in [-0.4, -0.2) is 7.05 Å². The number of aryl methyl sites for hydroxylation is 1. The van der Waals surface area contributed by atoms with Gasteiger partial charge < -0.3 is 5.32 Å². The summed E-state index contributed by atoms with van der Waals surface area (Å²) in [5.74, 6) is 0. The third kappa shape index (κ3) is 3.76. The maximum Gasteiger partial charge on any atom is 0.0575 e. The average molecular weight is 308 g/mol. The molecule has 1 N–H and O–H groups in total. The maximum atomic E-state index is 6.11. The van der Waals surface area contributed by atoms with Crippen molar-refractivity contribution in [2.24, 2.45) is 0 Å². The first-order valence-corrected chi connectivity index (χ1v) is 7.61. The topological polar surface area (TPSA) is 12.0 Å². The third-order valence-electron chi connectivity index (χ3n) is 3.33. The zero-order chi connectivity index (χ0) is 14.5. The summed E-state index contributed by atoms with van der Waals surface area (Å²) in [5, 5.41) is 4.67. The molecule has 20 heavy (non-hydrogen) atoms. The normalized spacial score (nSPS) is 12.4. The van der Waals surface area contributed by atoms with E-state index in [4.69, 9.17) is 23.2 Å². The zero-order valence-corrected chi connectivity index (χ0v) is 13.3. The molecule has 2 rings (SSSR count). The number of hydrogen-bond donors (Lipinski definition) is 1. The van der Waals surface area contributed by atoms with Crippen molar-refractivity contribution in [2.75, 3.05) is 7.05 Å². The highest BCUT2D eigenvalue weighted by molar-refractivity contribution is 6.34. The van der Waals surface area contributed by atoms with E-state index >= 15 is 0 Å². The molecule has 0 aromatic heterocycles. The Kier molecular flexibility index (Phi) is 5.47. The summed E-state index contributed by atoms with van der Waals surface area (Å²) in [6.07, 6.45) is 2.25. The van der Waals surface area contributed by atoms with Gasteiger partial charge in [0.2, 0.25) is 0 Å². The van der Waals surface area contributed by atoms with E-state index in [1.807, 2.05) is 19.2 Å². The fourth-order valence-corrected chi connectivity index (χ4v) is 3.03. The van der Waals surface area contributed by atoms with Gasteiger partial charge in [-0.15, -0.1) is 0 Å². The number of hydrogen-bond acceptors (Lipinski definition) is 1. The summed E-state index contributed by atoms with van der Waals surface area (Å²) in [6, 6.07) is 14.4. The Hall–Kier alpha value is -1.02. The molecule has 1 nitrogen and oxygen atoms in total. The van der Waals surface area contributed by atoms with Crippen LogP contribution in [0.15, 0.2) is 42.5 Å². The molecule has 1 unspecified atom stereocenters. The van der Waals surface area contributed by atoms with Crippen LogP contribution in [0.5, 0.6) is 0 Å². The molecule has 0 fully saturated rings. The summed E-state index contributed by atoms with van der Waals surface area (Å²) in [7, 11) is 1.95. The fourth-order valence-electron chi connectivity index (χ4n) is 2.48. The van der Waals surface area contributed by atoms with Crippen molar-refractivity contribution >= 4 is 23.2 Å². The lowest BCUT2D eigenvalue weighted by molar-refractivity contribution is 0.690. The van der Waals surface area contributed by atoms with Crippen LogP contribution in [-0.2, 0) is 6.42 Å². The molecule has 0 heterocycles. The highest BCUT2D eigenvalue weighted by atomic mass is 35.5. The number of nitrogens with one attached hydrogen (secondary N) is 1. The third-order valence-corrected chi connectivity index (χ3v) is 3.77. The Bertz CT molecular complexity index is 561. The lowest BCUT2D eigenvalue weighted by Crippen LogP contribution is -2.17. The van der Waals surface area contributed by atoms with Gasteiger partial charge in [-0.2, -0.15) is 0 Å². The minimum atomic E-state index is 0.100. The molecular weight excluding hydrogens is 289 g/mol. The van der Waals surface area contributed by atoms with Gasteiger partial charge in [0, 0.05) is 10.0 Å². The molecule has 0 aliphatic carbocycles. The summed E-state index contributed by atoms with van der Waals surface area (Å²) >= 11 is 12.2. The van der Waals surface area contributed by atoms with Crippen molar-refractivity contribution in [3.05, 3.63) is 69.2 Å². The number of rotatable bonds is 5. The fraction of sp³-hybridized carbons (Fsp3) is 0.294. The van der Waals surface area contributed by atoms with E-state index < -0.39 is 0 Å². The highest BCUT2D eigenvalue weighted by Crippen LogP contribution is 2.28. The standard InChI is InChI=1S/C17H19Cl2N/c1-3-5-12-6-4-7-13(8-12)17(20-2)14-9-15(18)11-16(19)10-14/h4,6-11,17,20H,3,5H2,1-2H3. The Morgan fingerprint density at radius 3 is 2.30 bits per heavy atom. The van der Waals surface area contributed by atoms with E-state index in [-0.39, 0.29) is 6.04 Å². The van der Waals surface area contributed by atoms with Crippen molar-refractivity contribution in [3.8, 4) is 0 Å². The maximum absolute atomic E-state index is 6.11. The smallest absolute Gasteiger partial charge is 0.0575 e. The molecule has 0 saturated heterocycles. The van der Waals surface area contributed by atoms with E-state index in [0.29, 0.717) is 10.0 Å². The molecule has 2 aromatic carbocycles. The van der Waals surface area contributed by atoms with Gasteiger partial charge in [0.05, 0.1) is 6.04 Å². The van der Waals surface area contributed by atoms with Gasteiger partial charge in [-0.1, -0.05) is 60.8 Å². The molecule has 2 aromatic rings. The van der Waals surface area contributed by atoms with Crippen LogP contribution in [0.1, 0.15) is 36.1 Å². The second-order valence-corrected chi connectivity index (χ2v) is 5.79. The van der Waals surface area contributed by atoms with Crippen LogP contribution in [0.3, 0.4) is 0 Å². The first-order chi connectivity index (χ1) is 9.63. The van der Waals surface area contributed by atoms with Crippen LogP contribution >= 0.6 is 23.2 Å². The predicted molar refractivity (Wildman–Crippen MR) is 87.8 cm³/mol. The lowest BCUT2D eigenvalue weighted by atomic mass is 9.96. The first kappa shape index (κ1) is 15.4. The summed E-state index contributed by atoms with van der Waals surface area (Å²) in [4.78, 5) is 0. The van der Waals surface area contributed by atoms with Crippen LogP contribution in [0.2, 0.25) is 10.0 Å². The minimum absolute atomic E-state index is 0.100. The van der Waals surface area contributed by atoms with E-state index in [1.165, 1.54) is 11.1 Å². The van der Waals surface area contributed by atoms with Crippen molar-refractivity contribution in [1.82, 2.24) is 5.32 Å².